The molecule has 2 N–H and O–H groups in total. The normalized spacial score (nSPS) is 21.8. The first-order chi connectivity index (χ1) is 11.2. The lowest BCUT2D eigenvalue weighted by atomic mass is 9.96. The number of hydrogen-bond acceptors (Lipinski definition) is 4. The summed E-state index contributed by atoms with van der Waals surface area (Å²) in [6.45, 7) is 6.61. The Balaban J connectivity index is 1.91. The molecular weight excluding hydrogens is 328 g/mol. The monoisotopic (exact) mass is 354 g/mol. The fourth-order valence-corrected chi connectivity index (χ4v) is 4.24. The zero-order valence-electron chi connectivity index (χ0n) is 14.4. The number of hydrogen-bond donors (Lipinski definition) is 2. The van der Waals surface area contributed by atoms with Crippen LogP contribution >= 0.6 is 0 Å². The molecule has 0 bridgehead atoms. The minimum atomic E-state index is -3.62. The van der Waals surface area contributed by atoms with Crippen molar-refractivity contribution in [3.63, 3.8) is 0 Å². The maximum atomic E-state index is 12.4. The second-order valence-electron chi connectivity index (χ2n) is 6.59. The van der Waals surface area contributed by atoms with Crippen molar-refractivity contribution < 1.29 is 18.3 Å². The van der Waals surface area contributed by atoms with Crippen LogP contribution in [0.15, 0.2) is 23.1 Å². The molecule has 0 saturated carbocycles. The second kappa shape index (κ2) is 7.63. The van der Waals surface area contributed by atoms with Crippen molar-refractivity contribution in [3.8, 4) is 0 Å². The number of benzene rings is 1. The number of likely N-dealkylation sites (tertiary alicyclic amines) is 1. The highest BCUT2D eigenvalue weighted by Gasteiger charge is 2.27. The number of aliphatic hydroxyl groups excluding tert-OH is 1. The van der Waals surface area contributed by atoms with Crippen LogP contribution in [-0.2, 0) is 14.8 Å². The van der Waals surface area contributed by atoms with E-state index < -0.39 is 10.0 Å². The number of aliphatic hydroxyl groups is 1. The van der Waals surface area contributed by atoms with Gasteiger partial charge in [0.15, 0.2) is 0 Å². The van der Waals surface area contributed by atoms with E-state index in [0.717, 1.165) is 5.56 Å². The third-order valence-electron chi connectivity index (χ3n) is 4.48. The van der Waals surface area contributed by atoms with Crippen molar-refractivity contribution >= 4 is 15.9 Å². The summed E-state index contributed by atoms with van der Waals surface area (Å²) in [5.74, 6) is -0.0354. The third kappa shape index (κ3) is 4.55. The summed E-state index contributed by atoms with van der Waals surface area (Å²) in [4.78, 5) is 14.2. The molecule has 24 heavy (non-hydrogen) atoms. The van der Waals surface area contributed by atoms with Gasteiger partial charge in [-0.2, -0.15) is 0 Å². The van der Waals surface area contributed by atoms with Gasteiger partial charge in [-0.25, -0.2) is 13.1 Å². The van der Waals surface area contributed by atoms with Crippen molar-refractivity contribution in [3.05, 3.63) is 29.3 Å². The Labute approximate surface area is 143 Å². The number of carbonyl (C=O) groups excluding carboxylic acids is 1. The smallest absolute Gasteiger partial charge is 0.240 e. The maximum Gasteiger partial charge on any atom is 0.240 e. The zero-order chi connectivity index (χ0) is 17.9. The van der Waals surface area contributed by atoms with Crippen LogP contribution in [0.25, 0.3) is 0 Å². The summed E-state index contributed by atoms with van der Waals surface area (Å²) in [6.07, 6.45) is 0.324. The number of nitrogens with zero attached hydrogens (tertiary/aromatic N) is 1. The van der Waals surface area contributed by atoms with Crippen LogP contribution in [0.3, 0.4) is 0 Å². The van der Waals surface area contributed by atoms with E-state index in [-0.39, 0.29) is 35.8 Å². The molecule has 134 valence electrons. The molecule has 1 saturated heterocycles. The predicted octanol–water partition coefficient (Wildman–Crippen LogP) is 1.20. The second-order valence-corrected chi connectivity index (χ2v) is 8.33. The number of aryl methyl sites for hydroxylation is 2. The minimum Gasteiger partial charge on any atom is -0.393 e. The Bertz CT molecular complexity index is 703. The van der Waals surface area contributed by atoms with Crippen LogP contribution in [0.2, 0.25) is 0 Å². The minimum absolute atomic E-state index is 0.0503. The van der Waals surface area contributed by atoms with E-state index in [2.05, 4.69) is 4.72 Å². The van der Waals surface area contributed by atoms with E-state index >= 15 is 0 Å². The van der Waals surface area contributed by atoms with E-state index in [1.807, 2.05) is 19.9 Å². The van der Waals surface area contributed by atoms with E-state index in [0.29, 0.717) is 25.1 Å². The molecule has 1 fully saturated rings. The van der Waals surface area contributed by atoms with Gasteiger partial charge >= 0.3 is 0 Å². The van der Waals surface area contributed by atoms with Gasteiger partial charge in [0, 0.05) is 26.1 Å². The molecule has 0 spiro atoms. The average Bonchev–Trinajstić information content (AvgIpc) is 2.52. The van der Waals surface area contributed by atoms with Crippen molar-refractivity contribution in [1.29, 1.82) is 0 Å². The number of amides is 1. The molecule has 1 aliphatic heterocycles. The van der Waals surface area contributed by atoms with Crippen LogP contribution < -0.4 is 4.72 Å². The average molecular weight is 354 g/mol. The van der Waals surface area contributed by atoms with Crippen molar-refractivity contribution in [2.45, 2.75) is 44.6 Å². The summed E-state index contributed by atoms with van der Waals surface area (Å²) < 4.78 is 27.3. The molecule has 0 unspecified atom stereocenters. The predicted molar refractivity (Wildman–Crippen MR) is 92.1 cm³/mol. The summed E-state index contributed by atoms with van der Waals surface area (Å²) in [6, 6.07) is 5.27. The molecule has 1 aromatic carbocycles. The number of nitrogens with one attached hydrogen (secondary N) is 1. The Morgan fingerprint density at radius 3 is 2.75 bits per heavy atom. The Morgan fingerprint density at radius 2 is 2.08 bits per heavy atom. The van der Waals surface area contributed by atoms with Gasteiger partial charge in [-0.3, -0.25) is 4.79 Å². The van der Waals surface area contributed by atoms with Gasteiger partial charge in [0.2, 0.25) is 15.9 Å². The summed E-state index contributed by atoms with van der Waals surface area (Å²) in [5, 5.41) is 9.70. The Hall–Kier alpha value is -1.44. The van der Waals surface area contributed by atoms with Gasteiger partial charge in [0.1, 0.15) is 0 Å². The van der Waals surface area contributed by atoms with Gasteiger partial charge < -0.3 is 10.0 Å². The van der Waals surface area contributed by atoms with Crippen LogP contribution in [0.4, 0.5) is 0 Å². The fourth-order valence-electron chi connectivity index (χ4n) is 2.88. The Kier molecular flexibility index (Phi) is 6.01. The number of sulfonamides is 1. The highest BCUT2D eigenvalue weighted by Crippen LogP contribution is 2.18. The Morgan fingerprint density at radius 1 is 1.38 bits per heavy atom. The third-order valence-corrected chi connectivity index (χ3v) is 6.08. The maximum absolute atomic E-state index is 12.4. The molecule has 1 aliphatic rings. The first kappa shape index (κ1) is 18.9. The highest BCUT2D eigenvalue weighted by atomic mass is 32.2. The molecule has 0 aromatic heterocycles. The molecule has 1 heterocycles. The number of carbonyl (C=O) groups is 1. The number of piperidine rings is 1. The highest BCUT2D eigenvalue weighted by molar-refractivity contribution is 7.89. The first-order valence-electron chi connectivity index (χ1n) is 8.23. The standard InChI is InChI=1S/C17H26N2O4S/c1-12-4-5-13(2)16(10-12)24(22,23)18-8-6-17(21)19-9-7-15(20)14(3)11-19/h4-5,10,14-15,18,20H,6-9,11H2,1-3H3/t14-,15-/m1/s1. The zero-order valence-corrected chi connectivity index (χ0v) is 15.3. The lowest BCUT2D eigenvalue weighted by Gasteiger charge is -2.34. The van der Waals surface area contributed by atoms with E-state index in [1.165, 1.54) is 0 Å². The molecule has 2 atom stereocenters. The molecule has 2 rings (SSSR count). The lowest BCUT2D eigenvalue weighted by Crippen LogP contribution is -2.45. The van der Waals surface area contributed by atoms with E-state index in [9.17, 15) is 18.3 Å². The van der Waals surface area contributed by atoms with Gasteiger partial charge in [0.05, 0.1) is 11.0 Å². The van der Waals surface area contributed by atoms with Gasteiger partial charge in [-0.15, -0.1) is 0 Å². The molecule has 0 radical (unpaired) electrons. The lowest BCUT2D eigenvalue weighted by molar-refractivity contribution is -0.134. The molecule has 1 amide bonds. The first-order valence-corrected chi connectivity index (χ1v) is 9.72. The summed E-state index contributed by atoms with van der Waals surface area (Å²) in [5.41, 5.74) is 1.55. The molecule has 6 nitrogen and oxygen atoms in total. The van der Waals surface area contributed by atoms with Crippen LogP contribution in [0.1, 0.15) is 30.9 Å². The van der Waals surface area contributed by atoms with E-state index in [4.69, 9.17) is 0 Å². The SMILES string of the molecule is Cc1ccc(C)c(S(=O)(=O)NCCC(=O)N2CC[C@@H](O)[C@H](C)C2)c1. The van der Waals surface area contributed by atoms with Gasteiger partial charge in [-0.05, 0) is 43.4 Å². The summed E-state index contributed by atoms with van der Waals surface area (Å²) >= 11 is 0. The quantitative estimate of drug-likeness (QED) is 0.832. The topological polar surface area (TPSA) is 86.7 Å². The van der Waals surface area contributed by atoms with Gasteiger partial charge in [0.25, 0.3) is 0 Å². The molecular formula is C17H26N2O4S. The van der Waals surface area contributed by atoms with Crippen LogP contribution in [0, 0.1) is 19.8 Å². The number of rotatable bonds is 5. The fraction of sp³-hybridized carbons (Fsp3) is 0.588. The van der Waals surface area contributed by atoms with Crippen molar-refractivity contribution in [1.82, 2.24) is 9.62 Å². The largest absolute Gasteiger partial charge is 0.393 e. The van der Waals surface area contributed by atoms with E-state index in [1.54, 1.807) is 24.0 Å². The van der Waals surface area contributed by atoms with Crippen molar-refractivity contribution in [2.75, 3.05) is 19.6 Å². The van der Waals surface area contributed by atoms with Crippen LogP contribution in [0.5, 0.6) is 0 Å². The van der Waals surface area contributed by atoms with Crippen molar-refractivity contribution in [2.24, 2.45) is 5.92 Å². The molecule has 0 aliphatic carbocycles. The van der Waals surface area contributed by atoms with Crippen LogP contribution in [-0.4, -0.2) is 50.1 Å². The molecule has 1 aromatic rings. The molecule has 7 heteroatoms. The summed E-state index contributed by atoms with van der Waals surface area (Å²) in [7, 11) is -3.62. The van der Waals surface area contributed by atoms with Gasteiger partial charge in [-0.1, -0.05) is 19.1 Å².